The molecule has 4 aromatic rings. The molecule has 112 valence electrons. The van der Waals surface area contributed by atoms with Crippen molar-refractivity contribution in [3.63, 3.8) is 0 Å². The van der Waals surface area contributed by atoms with E-state index in [0.717, 1.165) is 22.1 Å². The molecule has 2 aromatic carbocycles. The molecule has 0 aliphatic rings. The van der Waals surface area contributed by atoms with E-state index in [1.807, 2.05) is 18.3 Å². The van der Waals surface area contributed by atoms with Gasteiger partial charge in [-0.2, -0.15) is 4.40 Å². The Labute approximate surface area is 139 Å². The summed E-state index contributed by atoms with van der Waals surface area (Å²) in [5, 5.41) is 1.14. The summed E-state index contributed by atoms with van der Waals surface area (Å²) in [6, 6.07) is 20.9. The molecule has 4 rings (SSSR count). The van der Waals surface area contributed by atoms with Gasteiger partial charge in [-0.3, -0.25) is 0 Å². The lowest BCUT2D eigenvalue weighted by Gasteiger charge is -2.02. The lowest BCUT2D eigenvalue weighted by atomic mass is 10.2. The van der Waals surface area contributed by atoms with Gasteiger partial charge < -0.3 is 0 Å². The molecule has 0 saturated heterocycles. The quantitative estimate of drug-likeness (QED) is 0.572. The third-order valence-corrected chi connectivity index (χ3v) is 4.82. The molecule has 0 aliphatic heterocycles. The molecule has 1 N–H and O–H groups in total. The number of rotatable bonds is 3. The van der Waals surface area contributed by atoms with Crippen LogP contribution in [0.3, 0.4) is 0 Å². The molecular formula is C19H16N3S+. The summed E-state index contributed by atoms with van der Waals surface area (Å²) in [5.74, 6) is 0.848. The summed E-state index contributed by atoms with van der Waals surface area (Å²) in [5.41, 5.74) is 3.52. The first kappa shape index (κ1) is 14.0. The first-order valence-corrected chi connectivity index (χ1v) is 8.31. The second-order valence-electron chi connectivity index (χ2n) is 5.40. The number of hydrogen-bond donors (Lipinski definition) is 1. The zero-order chi connectivity index (χ0) is 15.6. The molecule has 2 heterocycles. The normalized spacial score (nSPS) is 11.0. The van der Waals surface area contributed by atoms with Crippen LogP contribution < -0.4 is 4.40 Å². The molecule has 0 radical (unpaired) electrons. The van der Waals surface area contributed by atoms with Gasteiger partial charge in [0, 0.05) is 16.5 Å². The minimum absolute atomic E-state index is 0.848. The number of H-pyrrole nitrogens is 1. The van der Waals surface area contributed by atoms with Gasteiger partial charge in [0.05, 0.1) is 6.20 Å². The first-order valence-electron chi connectivity index (χ1n) is 7.49. The molecule has 23 heavy (non-hydrogen) atoms. The van der Waals surface area contributed by atoms with Crippen LogP contribution in [0.15, 0.2) is 83.0 Å². The van der Waals surface area contributed by atoms with Gasteiger partial charge in [0.15, 0.2) is 10.7 Å². The molecular weight excluding hydrogens is 302 g/mol. The summed E-state index contributed by atoms with van der Waals surface area (Å²) in [4.78, 5) is 9.09. The van der Waals surface area contributed by atoms with Gasteiger partial charge in [0.2, 0.25) is 0 Å². The highest BCUT2D eigenvalue weighted by Crippen LogP contribution is 2.33. The van der Waals surface area contributed by atoms with E-state index in [1.165, 1.54) is 10.5 Å². The fourth-order valence-corrected chi connectivity index (χ4v) is 3.54. The molecule has 3 nitrogen and oxygen atoms in total. The van der Waals surface area contributed by atoms with Gasteiger partial charge in [-0.1, -0.05) is 64.8 Å². The topological polar surface area (TPSA) is 32.8 Å². The number of nitrogens with zero attached hydrogens (tertiary/aromatic N) is 2. The van der Waals surface area contributed by atoms with E-state index in [-0.39, 0.29) is 0 Å². The number of aromatic amines is 1. The zero-order valence-corrected chi connectivity index (χ0v) is 13.5. The monoisotopic (exact) mass is 318 g/mol. The number of aromatic nitrogens is 3. The Morgan fingerprint density at radius 1 is 0.957 bits per heavy atom. The summed E-state index contributed by atoms with van der Waals surface area (Å²) >= 11 is 1.75. The lowest BCUT2D eigenvalue weighted by molar-refractivity contribution is -0.554. The van der Waals surface area contributed by atoms with Crippen LogP contribution in [-0.4, -0.2) is 9.97 Å². The molecule has 0 saturated carbocycles. The fourth-order valence-electron chi connectivity index (χ4n) is 2.53. The van der Waals surface area contributed by atoms with Crippen LogP contribution in [0.1, 0.15) is 5.56 Å². The molecule has 0 bridgehead atoms. The zero-order valence-electron chi connectivity index (χ0n) is 12.7. The van der Waals surface area contributed by atoms with Gasteiger partial charge >= 0.3 is 5.78 Å². The van der Waals surface area contributed by atoms with Crippen LogP contribution >= 0.6 is 11.8 Å². The van der Waals surface area contributed by atoms with Crippen LogP contribution in [0.4, 0.5) is 0 Å². The van der Waals surface area contributed by atoms with Crippen LogP contribution in [0, 0.1) is 6.92 Å². The minimum Gasteiger partial charge on any atom is -0.237 e. The Hall–Kier alpha value is -2.59. The van der Waals surface area contributed by atoms with E-state index in [2.05, 4.69) is 69.8 Å². The second-order valence-corrected chi connectivity index (χ2v) is 6.46. The second kappa shape index (κ2) is 5.89. The van der Waals surface area contributed by atoms with E-state index in [9.17, 15) is 0 Å². The highest BCUT2D eigenvalue weighted by molar-refractivity contribution is 7.99. The van der Waals surface area contributed by atoms with Gasteiger partial charge in [-0.05, 0) is 19.1 Å². The summed E-state index contributed by atoms with van der Waals surface area (Å²) in [6.45, 7) is 2.11. The maximum atomic E-state index is 4.44. The molecule has 0 fully saturated rings. The Morgan fingerprint density at radius 3 is 2.52 bits per heavy atom. The van der Waals surface area contributed by atoms with Gasteiger partial charge in [0.25, 0.3) is 0 Å². The molecule has 0 atom stereocenters. The predicted molar refractivity (Wildman–Crippen MR) is 92.5 cm³/mol. The smallest absolute Gasteiger partial charge is 0.237 e. The Balaban J connectivity index is 1.87. The van der Waals surface area contributed by atoms with Crippen molar-refractivity contribution in [2.24, 2.45) is 0 Å². The maximum Gasteiger partial charge on any atom is 0.402 e. The SMILES string of the molecule is Cc1ccc(Sc2c(-c3ccccc3)[nH]c3nccc[n+]23)cc1. The summed E-state index contributed by atoms with van der Waals surface area (Å²) in [7, 11) is 0. The van der Waals surface area contributed by atoms with Crippen molar-refractivity contribution in [2.45, 2.75) is 16.8 Å². The molecule has 0 aliphatic carbocycles. The lowest BCUT2D eigenvalue weighted by Crippen LogP contribution is -2.21. The molecule has 2 aromatic heterocycles. The van der Waals surface area contributed by atoms with Crippen LogP contribution in [0.2, 0.25) is 0 Å². The molecule has 0 amide bonds. The third-order valence-electron chi connectivity index (χ3n) is 3.71. The Bertz CT molecular complexity index is 943. The van der Waals surface area contributed by atoms with E-state index >= 15 is 0 Å². The van der Waals surface area contributed by atoms with E-state index in [1.54, 1.807) is 18.0 Å². The van der Waals surface area contributed by atoms with Gasteiger partial charge in [-0.25, -0.2) is 4.98 Å². The predicted octanol–water partition coefficient (Wildman–Crippen LogP) is 4.28. The van der Waals surface area contributed by atoms with Crippen LogP contribution in [0.5, 0.6) is 0 Å². The van der Waals surface area contributed by atoms with Crippen molar-refractivity contribution >= 4 is 17.5 Å². The minimum atomic E-state index is 0.848. The summed E-state index contributed by atoms with van der Waals surface area (Å²) < 4.78 is 2.10. The summed E-state index contributed by atoms with van der Waals surface area (Å²) in [6.07, 6.45) is 3.85. The number of fused-ring (bicyclic) bond motifs is 1. The van der Waals surface area contributed by atoms with E-state index in [4.69, 9.17) is 0 Å². The Kier molecular flexibility index (Phi) is 3.60. The van der Waals surface area contributed by atoms with E-state index < -0.39 is 0 Å². The first-order chi connectivity index (χ1) is 11.3. The van der Waals surface area contributed by atoms with Crippen LogP contribution in [-0.2, 0) is 0 Å². The highest BCUT2D eigenvalue weighted by atomic mass is 32.2. The van der Waals surface area contributed by atoms with Crippen LogP contribution in [0.25, 0.3) is 17.0 Å². The fraction of sp³-hybridized carbons (Fsp3) is 0.0526. The van der Waals surface area contributed by atoms with Crippen molar-refractivity contribution in [2.75, 3.05) is 0 Å². The third kappa shape index (κ3) is 2.73. The average Bonchev–Trinajstić information content (AvgIpc) is 2.96. The van der Waals surface area contributed by atoms with Crippen molar-refractivity contribution < 1.29 is 4.40 Å². The molecule has 4 heteroatoms. The number of imidazole rings is 1. The number of aryl methyl sites for hydroxylation is 1. The number of hydrogen-bond acceptors (Lipinski definition) is 2. The van der Waals surface area contributed by atoms with E-state index in [0.29, 0.717) is 0 Å². The Morgan fingerprint density at radius 2 is 1.74 bits per heavy atom. The van der Waals surface area contributed by atoms with Crippen molar-refractivity contribution in [1.82, 2.24) is 9.97 Å². The maximum absolute atomic E-state index is 4.44. The average molecular weight is 318 g/mol. The van der Waals surface area contributed by atoms with Gasteiger partial charge in [-0.15, -0.1) is 0 Å². The van der Waals surface area contributed by atoms with Crippen molar-refractivity contribution in [3.8, 4) is 11.3 Å². The standard InChI is InChI=1S/C19H15N3S/c1-14-8-10-16(11-9-14)23-18-17(15-6-3-2-4-7-15)21-19-20-12-5-13-22(18)19/h2-13H,1H3/p+1. The van der Waals surface area contributed by atoms with Gasteiger partial charge in [0.1, 0.15) is 6.20 Å². The number of nitrogens with one attached hydrogen (secondary N) is 1. The largest absolute Gasteiger partial charge is 0.402 e. The molecule has 0 spiro atoms. The van der Waals surface area contributed by atoms with Crippen molar-refractivity contribution in [3.05, 3.63) is 78.6 Å². The number of benzene rings is 2. The van der Waals surface area contributed by atoms with Crippen molar-refractivity contribution in [1.29, 1.82) is 0 Å². The molecule has 0 unspecified atom stereocenters. The highest BCUT2D eigenvalue weighted by Gasteiger charge is 2.20.